The number of amides is 2. The predicted octanol–water partition coefficient (Wildman–Crippen LogP) is 3.60. The molecule has 6 heteroatoms. The minimum atomic E-state index is -0.176. The standard InChI is InChI=1S/C20H22N2O3.ClH/c23-19-17-11-5-6-12-18(17)20(24)22(19)14-8-2-7-13-21-25-15-16-9-3-1-4-10-16;/h1,3-6,9-12,21H,2,7-8,13-15H2;1H. The lowest BCUT2D eigenvalue weighted by atomic mass is 10.1. The molecule has 0 saturated carbocycles. The lowest BCUT2D eigenvalue weighted by Gasteiger charge is -2.13. The second-order valence-corrected chi connectivity index (χ2v) is 6.04. The Kier molecular flexibility index (Phi) is 7.78. The first-order chi connectivity index (χ1) is 12.3. The van der Waals surface area contributed by atoms with E-state index in [2.05, 4.69) is 5.48 Å². The molecular formula is C20H23ClN2O3. The molecule has 0 atom stereocenters. The number of nitrogens with one attached hydrogen (secondary N) is 1. The number of hydrogen-bond acceptors (Lipinski definition) is 4. The van der Waals surface area contributed by atoms with E-state index in [-0.39, 0.29) is 24.2 Å². The van der Waals surface area contributed by atoms with E-state index in [1.807, 2.05) is 30.3 Å². The van der Waals surface area contributed by atoms with Gasteiger partial charge in [0.2, 0.25) is 0 Å². The van der Waals surface area contributed by atoms with Gasteiger partial charge in [-0.1, -0.05) is 48.9 Å². The predicted molar refractivity (Wildman–Crippen MR) is 102 cm³/mol. The smallest absolute Gasteiger partial charge is 0.261 e. The molecule has 138 valence electrons. The summed E-state index contributed by atoms with van der Waals surface area (Å²) in [6, 6.07) is 17.0. The van der Waals surface area contributed by atoms with Crippen molar-refractivity contribution in [2.24, 2.45) is 0 Å². The Balaban J connectivity index is 0.00000243. The van der Waals surface area contributed by atoms with Crippen molar-refractivity contribution in [3.05, 3.63) is 71.3 Å². The average Bonchev–Trinajstić information content (AvgIpc) is 2.90. The Morgan fingerprint density at radius 3 is 2.08 bits per heavy atom. The monoisotopic (exact) mass is 374 g/mol. The first-order valence-electron chi connectivity index (χ1n) is 8.61. The summed E-state index contributed by atoms with van der Waals surface area (Å²) in [7, 11) is 0. The van der Waals surface area contributed by atoms with Crippen LogP contribution in [0.5, 0.6) is 0 Å². The van der Waals surface area contributed by atoms with Crippen LogP contribution in [0, 0.1) is 0 Å². The highest BCUT2D eigenvalue weighted by atomic mass is 35.5. The lowest BCUT2D eigenvalue weighted by molar-refractivity contribution is 0.0271. The van der Waals surface area contributed by atoms with Crippen molar-refractivity contribution in [3.8, 4) is 0 Å². The molecule has 2 aromatic rings. The molecule has 0 aliphatic carbocycles. The van der Waals surface area contributed by atoms with Crippen LogP contribution >= 0.6 is 12.4 Å². The number of fused-ring (bicyclic) bond motifs is 1. The van der Waals surface area contributed by atoms with Crippen LogP contribution in [0.3, 0.4) is 0 Å². The van der Waals surface area contributed by atoms with Crippen molar-refractivity contribution in [2.45, 2.75) is 25.9 Å². The Morgan fingerprint density at radius 2 is 1.42 bits per heavy atom. The molecule has 0 saturated heterocycles. The number of halogens is 1. The van der Waals surface area contributed by atoms with Crippen molar-refractivity contribution < 1.29 is 14.4 Å². The number of hydroxylamine groups is 1. The summed E-state index contributed by atoms with van der Waals surface area (Å²) in [5, 5.41) is 0. The lowest BCUT2D eigenvalue weighted by Crippen LogP contribution is -2.30. The fourth-order valence-corrected chi connectivity index (χ4v) is 2.87. The second kappa shape index (κ2) is 10.1. The molecular weight excluding hydrogens is 352 g/mol. The topological polar surface area (TPSA) is 58.6 Å². The van der Waals surface area contributed by atoms with E-state index in [9.17, 15) is 9.59 Å². The molecule has 26 heavy (non-hydrogen) atoms. The van der Waals surface area contributed by atoms with Crippen LogP contribution in [0.25, 0.3) is 0 Å². The zero-order valence-electron chi connectivity index (χ0n) is 14.5. The number of hydrogen-bond donors (Lipinski definition) is 1. The molecule has 3 rings (SSSR count). The zero-order valence-corrected chi connectivity index (χ0v) is 15.3. The minimum absolute atomic E-state index is 0. The molecule has 0 aromatic heterocycles. The van der Waals surface area contributed by atoms with Gasteiger partial charge >= 0.3 is 0 Å². The number of nitrogens with zero attached hydrogens (tertiary/aromatic N) is 1. The van der Waals surface area contributed by atoms with Gasteiger partial charge in [0.15, 0.2) is 0 Å². The van der Waals surface area contributed by atoms with Gasteiger partial charge in [0.25, 0.3) is 11.8 Å². The van der Waals surface area contributed by atoms with Crippen molar-refractivity contribution in [2.75, 3.05) is 13.1 Å². The van der Waals surface area contributed by atoms with E-state index in [1.54, 1.807) is 24.3 Å². The minimum Gasteiger partial charge on any atom is -0.297 e. The average molecular weight is 375 g/mol. The fourth-order valence-electron chi connectivity index (χ4n) is 2.87. The van der Waals surface area contributed by atoms with Crippen LogP contribution in [-0.2, 0) is 11.4 Å². The first-order valence-corrected chi connectivity index (χ1v) is 8.61. The van der Waals surface area contributed by atoms with Crippen LogP contribution in [0.2, 0.25) is 0 Å². The van der Waals surface area contributed by atoms with E-state index in [0.717, 1.165) is 31.4 Å². The van der Waals surface area contributed by atoms with Gasteiger partial charge in [-0.15, -0.1) is 12.4 Å². The molecule has 1 N–H and O–H groups in total. The molecule has 0 spiro atoms. The summed E-state index contributed by atoms with van der Waals surface area (Å²) in [5.41, 5.74) is 5.11. The number of rotatable bonds is 9. The van der Waals surface area contributed by atoms with E-state index in [4.69, 9.17) is 4.84 Å². The van der Waals surface area contributed by atoms with E-state index in [1.165, 1.54) is 4.90 Å². The molecule has 2 amide bonds. The van der Waals surface area contributed by atoms with Gasteiger partial charge in [-0.3, -0.25) is 19.3 Å². The first kappa shape index (κ1) is 20.1. The molecule has 1 aliphatic rings. The summed E-state index contributed by atoms with van der Waals surface area (Å²) in [6.07, 6.45) is 2.65. The van der Waals surface area contributed by atoms with Gasteiger partial charge in [0.1, 0.15) is 0 Å². The maximum atomic E-state index is 12.2. The van der Waals surface area contributed by atoms with Crippen LogP contribution in [-0.4, -0.2) is 29.8 Å². The molecule has 0 unspecified atom stereocenters. The molecule has 0 fully saturated rings. The SMILES string of the molecule is Cl.O=C1c2ccccc2C(=O)N1CCCCCNOCc1ccccc1. The molecule has 1 heterocycles. The second-order valence-electron chi connectivity index (χ2n) is 6.04. The quantitative estimate of drug-likeness (QED) is 0.414. The van der Waals surface area contributed by atoms with Crippen molar-refractivity contribution in [1.82, 2.24) is 10.4 Å². The molecule has 2 aromatic carbocycles. The summed E-state index contributed by atoms with van der Waals surface area (Å²) in [4.78, 5) is 31.2. The van der Waals surface area contributed by atoms with Crippen molar-refractivity contribution in [1.29, 1.82) is 0 Å². The largest absolute Gasteiger partial charge is 0.297 e. The summed E-state index contributed by atoms with van der Waals surface area (Å²) in [5.74, 6) is -0.352. The number of carbonyl (C=O) groups is 2. The third-order valence-corrected chi connectivity index (χ3v) is 4.22. The zero-order chi connectivity index (χ0) is 17.5. The van der Waals surface area contributed by atoms with Gasteiger partial charge in [0, 0.05) is 13.1 Å². The van der Waals surface area contributed by atoms with Crippen LogP contribution in [0.1, 0.15) is 45.5 Å². The highest BCUT2D eigenvalue weighted by molar-refractivity contribution is 6.21. The molecule has 1 aliphatic heterocycles. The van der Waals surface area contributed by atoms with Crippen LogP contribution < -0.4 is 5.48 Å². The number of benzene rings is 2. The number of carbonyl (C=O) groups excluding carboxylic acids is 2. The number of imide groups is 1. The molecule has 5 nitrogen and oxygen atoms in total. The maximum Gasteiger partial charge on any atom is 0.261 e. The summed E-state index contributed by atoms with van der Waals surface area (Å²) in [6.45, 7) is 1.75. The fraction of sp³-hybridized carbons (Fsp3) is 0.300. The highest BCUT2D eigenvalue weighted by Crippen LogP contribution is 2.22. The third-order valence-electron chi connectivity index (χ3n) is 4.22. The van der Waals surface area contributed by atoms with Crippen LogP contribution in [0.4, 0.5) is 0 Å². The van der Waals surface area contributed by atoms with Crippen LogP contribution in [0.15, 0.2) is 54.6 Å². The van der Waals surface area contributed by atoms with Crippen molar-refractivity contribution in [3.63, 3.8) is 0 Å². The van der Waals surface area contributed by atoms with E-state index < -0.39 is 0 Å². The Bertz CT molecular complexity index is 702. The highest BCUT2D eigenvalue weighted by Gasteiger charge is 2.34. The Morgan fingerprint density at radius 1 is 0.808 bits per heavy atom. The Hall–Kier alpha value is -2.21. The summed E-state index contributed by atoms with van der Waals surface area (Å²) >= 11 is 0. The molecule has 0 bridgehead atoms. The van der Waals surface area contributed by atoms with Gasteiger partial charge < -0.3 is 0 Å². The third kappa shape index (κ3) is 4.91. The summed E-state index contributed by atoms with van der Waals surface area (Å²) < 4.78 is 0. The van der Waals surface area contributed by atoms with Gasteiger partial charge in [-0.25, -0.2) is 5.48 Å². The van der Waals surface area contributed by atoms with Gasteiger partial charge in [0.05, 0.1) is 17.7 Å². The normalized spacial score (nSPS) is 12.8. The Labute approximate surface area is 159 Å². The van der Waals surface area contributed by atoms with Crippen molar-refractivity contribution >= 4 is 24.2 Å². The molecule has 0 radical (unpaired) electrons. The number of unbranched alkanes of at least 4 members (excludes halogenated alkanes) is 2. The van der Waals surface area contributed by atoms with Gasteiger partial charge in [-0.2, -0.15) is 0 Å². The maximum absolute atomic E-state index is 12.2. The van der Waals surface area contributed by atoms with E-state index >= 15 is 0 Å². The van der Waals surface area contributed by atoms with Gasteiger partial charge in [-0.05, 0) is 30.5 Å². The van der Waals surface area contributed by atoms with E-state index in [0.29, 0.717) is 24.3 Å².